The number of esters is 1. The second-order valence-electron chi connectivity index (χ2n) is 3.36. The molecule has 0 fully saturated rings. The molecule has 4 nitrogen and oxygen atoms in total. The topological polar surface area (TPSA) is 44.8 Å². The number of hydrogen-bond acceptors (Lipinski definition) is 4. The van der Waals surface area contributed by atoms with Crippen LogP contribution in [0.5, 0.6) is 5.75 Å². The van der Waals surface area contributed by atoms with E-state index in [-0.39, 0.29) is 12.8 Å². The van der Waals surface area contributed by atoms with Gasteiger partial charge in [0.15, 0.2) is 6.79 Å². The molecule has 1 aliphatic heterocycles. The lowest BCUT2D eigenvalue weighted by Gasteiger charge is -2.08. The summed E-state index contributed by atoms with van der Waals surface area (Å²) >= 11 is 0. The third-order valence-corrected chi connectivity index (χ3v) is 2.39. The van der Waals surface area contributed by atoms with Gasteiger partial charge in [0.25, 0.3) is 0 Å². The van der Waals surface area contributed by atoms with Crippen LogP contribution in [0.4, 0.5) is 0 Å². The molecular weight excluding hydrogens is 195 g/mol. The summed E-state index contributed by atoms with van der Waals surface area (Å²) in [7, 11) is 3.48. The molecule has 0 saturated heterocycles. The Kier molecular flexibility index (Phi) is 2.64. The van der Waals surface area contributed by atoms with Crippen molar-refractivity contribution >= 4 is 19.3 Å². The van der Waals surface area contributed by atoms with Gasteiger partial charge in [0, 0.05) is 12.7 Å². The third kappa shape index (κ3) is 1.70. The van der Waals surface area contributed by atoms with Gasteiger partial charge in [-0.2, -0.15) is 0 Å². The number of carbonyl (C=O) groups is 1. The Balaban J connectivity index is 2.40. The molecule has 1 aliphatic rings. The van der Waals surface area contributed by atoms with Gasteiger partial charge in [-0.15, -0.1) is 0 Å². The van der Waals surface area contributed by atoms with Gasteiger partial charge in [0.2, 0.25) is 0 Å². The monoisotopic (exact) mass is 206 g/mol. The van der Waals surface area contributed by atoms with E-state index in [1.807, 2.05) is 13.9 Å². The molecule has 1 heterocycles. The first-order chi connectivity index (χ1) is 7.24. The molecule has 0 radical (unpaired) electrons. The first-order valence-corrected chi connectivity index (χ1v) is 4.65. The van der Waals surface area contributed by atoms with E-state index in [4.69, 9.17) is 14.2 Å². The fourth-order valence-corrected chi connectivity index (χ4v) is 1.59. The number of ether oxygens (including phenoxy) is 3. The average molecular weight is 206 g/mol. The van der Waals surface area contributed by atoms with E-state index >= 15 is 0 Å². The van der Waals surface area contributed by atoms with E-state index < -0.39 is 0 Å². The van der Waals surface area contributed by atoms with Crippen molar-refractivity contribution in [2.75, 3.05) is 13.9 Å². The molecule has 0 aromatic heterocycles. The molecule has 1 aromatic carbocycles. The fraction of sp³-hybridized carbons (Fsp3) is 0.300. The van der Waals surface area contributed by atoms with Gasteiger partial charge in [-0.1, -0.05) is 11.5 Å². The lowest BCUT2D eigenvalue weighted by atomic mass is 9.88. The number of rotatable bonds is 3. The molecule has 0 atom stereocenters. The standard InChI is InChI=1S/C10H11BO4/c1-13-5-15-8-3-2-7(11)6-4-14-10(12)9(6)8/h2-3H,4-5,11H2,1H3. The highest BCUT2D eigenvalue weighted by Crippen LogP contribution is 2.27. The van der Waals surface area contributed by atoms with E-state index in [9.17, 15) is 4.79 Å². The SMILES string of the molecule is Bc1ccc(OCOC)c2c1COC2=O. The van der Waals surface area contributed by atoms with Gasteiger partial charge >= 0.3 is 5.97 Å². The van der Waals surface area contributed by atoms with Gasteiger partial charge in [-0.05, 0) is 6.07 Å². The Morgan fingerprint density at radius 2 is 2.33 bits per heavy atom. The van der Waals surface area contributed by atoms with E-state index in [2.05, 4.69) is 0 Å². The number of hydrogen-bond donors (Lipinski definition) is 0. The van der Waals surface area contributed by atoms with Gasteiger partial charge in [-0.25, -0.2) is 4.79 Å². The zero-order chi connectivity index (χ0) is 10.8. The van der Waals surface area contributed by atoms with Crippen LogP contribution in [-0.4, -0.2) is 27.7 Å². The summed E-state index contributed by atoms with van der Waals surface area (Å²) in [5.74, 6) is 0.208. The predicted molar refractivity (Wildman–Crippen MR) is 56.2 cm³/mol. The molecule has 0 spiro atoms. The van der Waals surface area contributed by atoms with Crippen molar-refractivity contribution in [2.24, 2.45) is 0 Å². The Hall–Kier alpha value is -1.49. The van der Waals surface area contributed by atoms with Crippen molar-refractivity contribution in [3.63, 3.8) is 0 Å². The van der Waals surface area contributed by atoms with Crippen LogP contribution in [0.15, 0.2) is 12.1 Å². The minimum Gasteiger partial charge on any atom is -0.467 e. The highest BCUT2D eigenvalue weighted by Gasteiger charge is 2.27. The van der Waals surface area contributed by atoms with E-state index in [1.165, 1.54) is 7.11 Å². The van der Waals surface area contributed by atoms with Crippen LogP contribution < -0.4 is 10.2 Å². The normalized spacial score (nSPS) is 13.5. The maximum atomic E-state index is 11.5. The van der Waals surface area contributed by atoms with Gasteiger partial charge in [-0.3, -0.25) is 0 Å². The average Bonchev–Trinajstić information content (AvgIpc) is 2.61. The van der Waals surface area contributed by atoms with E-state index in [1.54, 1.807) is 6.07 Å². The molecule has 78 valence electrons. The van der Waals surface area contributed by atoms with E-state index in [0.717, 1.165) is 11.0 Å². The van der Waals surface area contributed by atoms with Crippen LogP contribution in [0.25, 0.3) is 0 Å². The van der Waals surface area contributed by atoms with Crippen molar-refractivity contribution in [1.29, 1.82) is 0 Å². The van der Waals surface area contributed by atoms with Crippen LogP contribution in [0.2, 0.25) is 0 Å². The first-order valence-electron chi connectivity index (χ1n) is 4.65. The highest BCUT2D eigenvalue weighted by molar-refractivity contribution is 6.34. The molecule has 0 amide bonds. The van der Waals surface area contributed by atoms with Crippen molar-refractivity contribution < 1.29 is 19.0 Å². The molecular formula is C10H11BO4. The molecule has 2 rings (SSSR count). The zero-order valence-electron chi connectivity index (χ0n) is 8.70. The second-order valence-corrected chi connectivity index (χ2v) is 3.36. The summed E-state index contributed by atoms with van der Waals surface area (Å²) in [6.45, 7) is 0.465. The van der Waals surface area contributed by atoms with Crippen molar-refractivity contribution in [3.05, 3.63) is 23.3 Å². The lowest BCUT2D eigenvalue weighted by molar-refractivity contribution is 0.0460. The highest BCUT2D eigenvalue weighted by atomic mass is 16.7. The summed E-state index contributed by atoms with van der Waals surface area (Å²) < 4.78 is 15.1. The maximum absolute atomic E-state index is 11.5. The van der Waals surface area contributed by atoms with Crippen LogP contribution >= 0.6 is 0 Å². The molecule has 0 bridgehead atoms. The van der Waals surface area contributed by atoms with Gasteiger partial charge in [0.1, 0.15) is 25.8 Å². The number of carbonyl (C=O) groups excluding carboxylic acids is 1. The van der Waals surface area contributed by atoms with Crippen LogP contribution in [0.1, 0.15) is 15.9 Å². The smallest absolute Gasteiger partial charge is 0.342 e. The third-order valence-electron chi connectivity index (χ3n) is 2.39. The number of fused-ring (bicyclic) bond motifs is 1. The largest absolute Gasteiger partial charge is 0.467 e. The van der Waals surface area contributed by atoms with Gasteiger partial charge in [0.05, 0.1) is 0 Å². The van der Waals surface area contributed by atoms with Crippen molar-refractivity contribution in [1.82, 2.24) is 0 Å². The quantitative estimate of drug-likeness (QED) is 0.383. The number of cyclic esters (lactones) is 1. The Labute approximate surface area is 88.5 Å². The molecule has 0 N–H and O–H groups in total. The lowest BCUT2D eigenvalue weighted by Crippen LogP contribution is -2.12. The summed E-state index contributed by atoms with van der Waals surface area (Å²) in [4.78, 5) is 11.5. The minimum atomic E-state index is -0.320. The zero-order valence-corrected chi connectivity index (χ0v) is 8.70. The molecule has 15 heavy (non-hydrogen) atoms. The summed E-state index contributed by atoms with van der Waals surface area (Å²) in [5.41, 5.74) is 2.49. The molecule has 0 aliphatic carbocycles. The van der Waals surface area contributed by atoms with Crippen LogP contribution in [-0.2, 0) is 16.1 Å². The Morgan fingerprint density at radius 1 is 1.53 bits per heavy atom. The second kappa shape index (κ2) is 3.94. The van der Waals surface area contributed by atoms with Gasteiger partial charge < -0.3 is 14.2 Å². The van der Waals surface area contributed by atoms with Crippen molar-refractivity contribution in [3.8, 4) is 5.75 Å². The maximum Gasteiger partial charge on any atom is 0.342 e. The first kappa shape index (κ1) is 10.0. The van der Waals surface area contributed by atoms with E-state index in [0.29, 0.717) is 17.9 Å². The molecule has 0 unspecified atom stereocenters. The van der Waals surface area contributed by atoms with Crippen molar-refractivity contribution in [2.45, 2.75) is 6.61 Å². The van der Waals surface area contributed by atoms with Crippen LogP contribution in [0.3, 0.4) is 0 Å². The minimum absolute atomic E-state index is 0.128. The number of methoxy groups -OCH3 is 1. The Bertz CT molecular complexity index is 403. The Morgan fingerprint density at radius 3 is 3.07 bits per heavy atom. The fourth-order valence-electron chi connectivity index (χ4n) is 1.59. The summed E-state index contributed by atoms with van der Waals surface area (Å²) in [6.07, 6.45) is 0. The summed E-state index contributed by atoms with van der Waals surface area (Å²) in [5, 5.41) is 0. The predicted octanol–water partition coefficient (Wildman–Crippen LogP) is -0.402. The van der Waals surface area contributed by atoms with Crippen LogP contribution in [0, 0.1) is 0 Å². The number of benzene rings is 1. The summed E-state index contributed by atoms with van der Waals surface area (Å²) in [6, 6.07) is 3.67. The molecule has 1 aromatic rings. The molecule has 0 saturated carbocycles. The molecule has 5 heteroatoms.